The molecule has 0 radical (unpaired) electrons. The highest BCUT2D eigenvalue weighted by molar-refractivity contribution is 7.22. The normalized spacial score (nSPS) is 10.7. The lowest BCUT2D eigenvalue weighted by Crippen LogP contribution is -1.88. The van der Waals surface area contributed by atoms with Gasteiger partial charge in [-0.2, -0.15) is 0 Å². The van der Waals surface area contributed by atoms with Crippen molar-refractivity contribution in [1.82, 2.24) is 4.98 Å². The second-order valence-electron chi connectivity index (χ2n) is 2.82. The van der Waals surface area contributed by atoms with Gasteiger partial charge in [-0.15, -0.1) is 0 Å². The van der Waals surface area contributed by atoms with E-state index in [1.807, 2.05) is 0 Å². The van der Waals surface area contributed by atoms with Gasteiger partial charge in [0.25, 0.3) is 0 Å². The van der Waals surface area contributed by atoms with Crippen molar-refractivity contribution in [3.05, 3.63) is 16.1 Å². The van der Waals surface area contributed by atoms with Crippen molar-refractivity contribution >= 4 is 49.9 Å². The van der Waals surface area contributed by atoms with Crippen LogP contribution in [-0.4, -0.2) is 19.1 Å². The highest BCUT2D eigenvalue weighted by Gasteiger charge is 2.15. The van der Waals surface area contributed by atoms with Crippen LogP contribution in [0.1, 0.15) is 0 Å². The summed E-state index contributed by atoms with van der Waals surface area (Å²) >= 11 is 13.5. The number of methoxy groups -OCH3 is 1. The number of rotatable bonds is 2. The van der Waals surface area contributed by atoms with Gasteiger partial charge in [-0.3, -0.25) is 0 Å². The van der Waals surface area contributed by atoms with Crippen molar-refractivity contribution in [2.75, 3.05) is 19.5 Å². The first-order valence-corrected chi connectivity index (χ1v) is 5.75. The zero-order valence-electron chi connectivity index (χ0n) is 8.10. The van der Waals surface area contributed by atoms with Crippen molar-refractivity contribution in [2.24, 2.45) is 0 Å². The molecule has 0 unspecified atom stereocenters. The molecule has 0 amide bonds. The van der Waals surface area contributed by atoms with Gasteiger partial charge in [0.15, 0.2) is 10.9 Å². The summed E-state index contributed by atoms with van der Waals surface area (Å²) in [6.45, 7) is 0. The first-order valence-electron chi connectivity index (χ1n) is 4.17. The Morgan fingerprint density at radius 2 is 2.13 bits per heavy atom. The third-order valence-corrected chi connectivity index (χ3v) is 3.74. The lowest BCUT2D eigenvalue weighted by atomic mass is 10.3. The molecular formula is C9H8Cl2N2OS. The quantitative estimate of drug-likeness (QED) is 0.897. The zero-order chi connectivity index (χ0) is 11.0. The molecule has 0 saturated heterocycles. The Hall–Kier alpha value is -0.710. The Balaban J connectivity index is 2.81. The van der Waals surface area contributed by atoms with Gasteiger partial charge in [-0.05, 0) is 6.07 Å². The van der Waals surface area contributed by atoms with Gasteiger partial charge < -0.3 is 10.1 Å². The number of aromatic nitrogens is 1. The van der Waals surface area contributed by atoms with Crippen molar-refractivity contribution in [2.45, 2.75) is 0 Å². The fourth-order valence-electron chi connectivity index (χ4n) is 1.29. The van der Waals surface area contributed by atoms with Crippen molar-refractivity contribution in [3.63, 3.8) is 0 Å². The lowest BCUT2D eigenvalue weighted by molar-refractivity contribution is 0.419. The molecule has 1 aromatic heterocycles. The van der Waals surface area contributed by atoms with E-state index >= 15 is 0 Å². The number of hydrogen-bond donors (Lipinski definition) is 1. The average molecular weight is 263 g/mol. The smallest absolute Gasteiger partial charge is 0.183 e. The maximum Gasteiger partial charge on any atom is 0.183 e. The number of thiazole rings is 1. The average Bonchev–Trinajstić information content (AvgIpc) is 2.62. The van der Waals surface area contributed by atoms with E-state index in [0.717, 1.165) is 9.83 Å². The van der Waals surface area contributed by atoms with Gasteiger partial charge in [-0.25, -0.2) is 4.98 Å². The molecule has 1 heterocycles. The van der Waals surface area contributed by atoms with Gasteiger partial charge in [-0.1, -0.05) is 34.5 Å². The van der Waals surface area contributed by atoms with Crippen LogP contribution >= 0.6 is 34.5 Å². The Labute approximate surface area is 101 Å². The monoisotopic (exact) mass is 262 g/mol. The molecule has 0 aliphatic heterocycles. The van der Waals surface area contributed by atoms with Gasteiger partial charge >= 0.3 is 0 Å². The number of anilines is 1. The van der Waals surface area contributed by atoms with E-state index in [1.165, 1.54) is 11.3 Å². The Bertz CT molecular complexity index is 512. The number of hydrogen-bond acceptors (Lipinski definition) is 4. The third kappa shape index (κ3) is 1.73. The molecule has 0 fully saturated rings. The molecule has 2 rings (SSSR count). The van der Waals surface area contributed by atoms with Gasteiger partial charge in [0, 0.05) is 7.05 Å². The predicted molar refractivity (Wildman–Crippen MR) is 65.7 cm³/mol. The molecule has 80 valence electrons. The van der Waals surface area contributed by atoms with E-state index < -0.39 is 0 Å². The molecule has 1 aromatic carbocycles. The highest BCUT2D eigenvalue weighted by atomic mass is 35.5. The Kier molecular flexibility index (Phi) is 2.91. The summed E-state index contributed by atoms with van der Waals surface area (Å²) in [5.41, 5.74) is 0.698. The number of fused-ring (bicyclic) bond motifs is 1. The summed E-state index contributed by atoms with van der Waals surface area (Å²) < 4.78 is 6.07. The van der Waals surface area contributed by atoms with Crippen LogP contribution in [0.15, 0.2) is 6.07 Å². The largest absolute Gasteiger partial charge is 0.493 e. The summed E-state index contributed by atoms with van der Waals surface area (Å²) in [4.78, 5) is 4.34. The molecule has 0 atom stereocenters. The second-order valence-corrected chi connectivity index (χ2v) is 4.63. The lowest BCUT2D eigenvalue weighted by Gasteiger charge is -2.03. The van der Waals surface area contributed by atoms with E-state index in [9.17, 15) is 0 Å². The van der Waals surface area contributed by atoms with Crippen molar-refractivity contribution < 1.29 is 4.74 Å². The van der Waals surface area contributed by atoms with E-state index in [2.05, 4.69) is 10.3 Å². The third-order valence-electron chi connectivity index (χ3n) is 1.95. The minimum absolute atomic E-state index is 0.475. The van der Waals surface area contributed by atoms with Crippen LogP contribution < -0.4 is 10.1 Å². The summed E-state index contributed by atoms with van der Waals surface area (Å²) in [6, 6.07) is 1.67. The van der Waals surface area contributed by atoms with Crippen LogP contribution in [0.3, 0.4) is 0 Å². The maximum absolute atomic E-state index is 6.06. The number of nitrogens with zero attached hydrogens (tertiary/aromatic N) is 1. The minimum Gasteiger partial charge on any atom is -0.493 e. The van der Waals surface area contributed by atoms with E-state index in [1.54, 1.807) is 20.2 Å². The van der Waals surface area contributed by atoms with E-state index in [4.69, 9.17) is 27.9 Å². The van der Waals surface area contributed by atoms with Gasteiger partial charge in [0.1, 0.15) is 5.52 Å². The van der Waals surface area contributed by atoms with E-state index in [0.29, 0.717) is 21.3 Å². The Morgan fingerprint density at radius 3 is 2.73 bits per heavy atom. The number of ether oxygens (including phenoxy) is 1. The fourth-order valence-corrected chi connectivity index (χ4v) is 2.76. The molecule has 15 heavy (non-hydrogen) atoms. The first-order chi connectivity index (χ1) is 7.17. The summed E-state index contributed by atoms with van der Waals surface area (Å²) in [7, 11) is 3.37. The summed E-state index contributed by atoms with van der Waals surface area (Å²) in [5, 5.41) is 4.82. The molecule has 0 spiro atoms. The maximum atomic E-state index is 6.06. The van der Waals surface area contributed by atoms with Gasteiger partial charge in [0.2, 0.25) is 0 Å². The molecular weight excluding hydrogens is 255 g/mol. The van der Waals surface area contributed by atoms with Crippen molar-refractivity contribution in [1.29, 1.82) is 0 Å². The number of nitrogens with one attached hydrogen (secondary N) is 1. The van der Waals surface area contributed by atoms with Crippen LogP contribution in [0.5, 0.6) is 5.75 Å². The van der Waals surface area contributed by atoms with Crippen LogP contribution in [-0.2, 0) is 0 Å². The summed E-state index contributed by atoms with van der Waals surface area (Å²) in [6.07, 6.45) is 0. The first kappa shape index (κ1) is 10.8. The predicted octanol–water partition coefficient (Wildman–Crippen LogP) is 3.65. The van der Waals surface area contributed by atoms with Gasteiger partial charge in [0.05, 0.1) is 21.9 Å². The van der Waals surface area contributed by atoms with Crippen LogP contribution in [0.4, 0.5) is 5.13 Å². The van der Waals surface area contributed by atoms with E-state index in [-0.39, 0.29) is 0 Å². The van der Waals surface area contributed by atoms with Crippen LogP contribution in [0.2, 0.25) is 10.0 Å². The second kappa shape index (κ2) is 4.04. The van der Waals surface area contributed by atoms with Crippen LogP contribution in [0, 0.1) is 0 Å². The number of halogens is 2. The Morgan fingerprint density at radius 1 is 1.40 bits per heavy atom. The standard InChI is InChI=1S/C9H8Cl2N2OS/c1-12-9-13-6-7(14-2)4(10)3-5(11)8(6)15-9/h3H,1-2H3,(H,12,13). The highest BCUT2D eigenvalue weighted by Crippen LogP contribution is 2.41. The fraction of sp³-hybridized carbons (Fsp3) is 0.222. The zero-order valence-corrected chi connectivity index (χ0v) is 10.4. The molecule has 0 aliphatic rings. The SMILES string of the molecule is CNc1nc2c(OC)c(Cl)cc(Cl)c2s1. The molecule has 1 N–H and O–H groups in total. The van der Waals surface area contributed by atoms with Crippen LogP contribution in [0.25, 0.3) is 10.2 Å². The molecule has 0 bridgehead atoms. The van der Waals surface area contributed by atoms with Crippen molar-refractivity contribution in [3.8, 4) is 5.75 Å². The minimum atomic E-state index is 0.475. The molecule has 0 aliphatic carbocycles. The summed E-state index contributed by atoms with van der Waals surface area (Å²) in [5.74, 6) is 0.564. The molecule has 3 nitrogen and oxygen atoms in total. The number of benzene rings is 1. The topological polar surface area (TPSA) is 34.2 Å². The molecule has 2 aromatic rings. The molecule has 6 heteroatoms. The molecule has 0 saturated carbocycles.